The predicted molar refractivity (Wildman–Crippen MR) is 67.8 cm³/mol. The highest BCUT2D eigenvalue weighted by molar-refractivity contribution is 8.13. The van der Waals surface area contributed by atoms with Crippen LogP contribution in [0.15, 0.2) is 40.6 Å². The lowest BCUT2D eigenvalue weighted by Gasteiger charge is -2.10. The molecule has 2 rings (SSSR count). The summed E-state index contributed by atoms with van der Waals surface area (Å²) >= 11 is 1.22. The summed E-state index contributed by atoms with van der Waals surface area (Å²) in [5.74, 6) is 0. The Morgan fingerprint density at radius 2 is 1.84 bits per heavy atom. The van der Waals surface area contributed by atoms with Crippen molar-refractivity contribution in [3.8, 4) is 10.4 Å². The molecule has 2 nitrogen and oxygen atoms in total. The Balaban J connectivity index is 2.70. The summed E-state index contributed by atoms with van der Waals surface area (Å²) in [5, 5.41) is 1.69. The van der Waals surface area contributed by atoms with Crippen molar-refractivity contribution < 1.29 is 21.6 Å². The van der Waals surface area contributed by atoms with Gasteiger partial charge in [0.1, 0.15) is 0 Å². The molecule has 0 N–H and O–H groups in total. The van der Waals surface area contributed by atoms with Crippen LogP contribution in [-0.4, -0.2) is 8.42 Å². The van der Waals surface area contributed by atoms with Crippen LogP contribution in [0.2, 0.25) is 0 Å². The Morgan fingerprint density at radius 1 is 1.16 bits per heavy atom. The van der Waals surface area contributed by atoms with Crippen molar-refractivity contribution in [3.63, 3.8) is 0 Å². The first-order valence-corrected chi connectivity index (χ1v) is 8.08. The van der Waals surface area contributed by atoms with E-state index in [1.165, 1.54) is 11.3 Å². The van der Waals surface area contributed by atoms with Gasteiger partial charge in [0.2, 0.25) is 0 Å². The average molecular weight is 327 g/mol. The Bertz CT molecular complexity index is 691. The monoisotopic (exact) mass is 326 g/mol. The molecule has 102 valence electrons. The highest BCUT2D eigenvalue weighted by atomic mass is 35.7. The number of thiophene rings is 1. The predicted octanol–water partition coefficient (Wildman–Crippen LogP) is 4.36. The van der Waals surface area contributed by atoms with Crippen molar-refractivity contribution in [2.75, 3.05) is 0 Å². The van der Waals surface area contributed by atoms with Crippen molar-refractivity contribution in [2.45, 2.75) is 11.1 Å². The third-order valence-corrected chi connectivity index (χ3v) is 4.62. The molecule has 0 atom stereocenters. The molecule has 1 aromatic heterocycles. The van der Waals surface area contributed by atoms with Gasteiger partial charge in [-0.05, 0) is 23.6 Å². The minimum absolute atomic E-state index is 0.165. The van der Waals surface area contributed by atoms with E-state index in [1.54, 1.807) is 17.5 Å². The van der Waals surface area contributed by atoms with Gasteiger partial charge in [-0.2, -0.15) is 13.2 Å². The largest absolute Gasteiger partial charge is 0.416 e. The first-order valence-electron chi connectivity index (χ1n) is 4.89. The normalized spacial score (nSPS) is 12.6. The first kappa shape index (κ1) is 14.4. The lowest BCUT2D eigenvalue weighted by atomic mass is 10.1. The first-order chi connectivity index (χ1) is 8.69. The van der Waals surface area contributed by atoms with Crippen LogP contribution >= 0.6 is 22.0 Å². The smallest absolute Gasteiger partial charge is 0.207 e. The van der Waals surface area contributed by atoms with Crippen molar-refractivity contribution in [1.29, 1.82) is 0 Å². The summed E-state index contributed by atoms with van der Waals surface area (Å²) < 4.78 is 60.6. The Labute approximate surface area is 115 Å². The third-order valence-electron chi connectivity index (χ3n) is 2.36. The minimum Gasteiger partial charge on any atom is -0.207 e. The lowest BCUT2D eigenvalue weighted by Crippen LogP contribution is -2.06. The van der Waals surface area contributed by atoms with Crippen LogP contribution in [0, 0.1) is 0 Å². The maximum atomic E-state index is 12.6. The van der Waals surface area contributed by atoms with Gasteiger partial charge in [-0.15, -0.1) is 11.3 Å². The van der Waals surface area contributed by atoms with Gasteiger partial charge in [0.15, 0.2) is 0 Å². The molecule has 0 saturated heterocycles. The van der Waals surface area contributed by atoms with Gasteiger partial charge in [0.25, 0.3) is 9.05 Å². The number of halogens is 4. The molecule has 1 heterocycles. The minimum atomic E-state index is -4.62. The van der Waals surface area contributed by atoms with E-state index in [0.29, 0.717) is 10.9 Å². The van der Waals surface area contributed by atoms with E-state index in [0.717, 1.165) is 12.1 Å². The molecule has 0 bridgehead atoms. The van der Waals surface area contributed by atoms with Crippen LogP contribution < -0.4 is 0 Å². The number of hydrogen-bond donors (Lipinski definition) is 0. The van der Waals surface area contributed by atoms with Gasteiger partial charge in [0, 0.05) is 21.1 Å². The van der Waals surface area contributed by atoms with Crippen molar-refractivity contribution in [2.24, 2.45) is 0 Å². The number of rotatable bonds is 2. The third kappa shape index (κ3) is 3.10. The maximum absolute atomic E-state index is 12.6. The van der Waals surface area contributed by atoms with E-state index < -0.39 is 25.7 Å². The molecule has 0 aliphatic carbocycles. The second-order valence-electron chi connectivity index (χ2n) is 3.62. The van der Waals surface area contributed by atoms with Crippen LogP contribution in [0.3, 0.4) is 0 Å². The molecular weight excluding hydrogens is 321 g/mol. The van der Waals surface area contributed by atoms with E-state index in [-0.39, 0.29) is 5.56 Å². The summed E-state index contributed by atoms with van der Waals surface area (Å²) in [4.78, 5) is -0.000564. The fourth-order valence-corrected chi connectivity index (χ4v) is 3.46. The van der Waals surface area contributed by atoms with Gasteiger partial charge in [0.05, 0.1) is 10.5 Å². The van der Waals surface area contributed by atoms with Gasteiger partial charge in [-0.25, -0.2) is 8.42 Å². The molecule has 0 aliphatic rings. The molecule has 0 spiro atoms. The summed E-state index contributed by atoms with van der Waals surface area (Å²) in [6, 6.07) is 5.78. The lowest BCUT2D eigenvalue weighted by molar-refractivity contribution is -0.137. The number of alkyl halides is 3. The van der Waals surface area contributed by atoms with Gasteiger partial charge >= 0.3 is 6.18 Å². The molecule has 0 amide bonds. The second-order valence-corrected chi connectivity index (χ2v) is 7.11. The van der Waals surface area contributed by atoms with Crippen LogP contribution in [-0.2, 0) is 15.2 Å². The van der Waals surface area contributed by atoms with Gasteiger partial charge < -0.3 is 0 Å². The molecule has 0 radical (unpaired) electrons. The van der Waals surface area contributed by atoms with Crippen LogP contribution in [0.25, 0.3) is 10.4 Å². The van der Waals surface area contributed by atoms with E-state index in [4.69, 9.17) is 10.7 Å². The maximum Gasteiger partial charge on any atom is 0.416 e. The number of benzene rings is 1. The van der Waals surface area contributed by atoms with Crippen molar-refractivity contribution in [3.05, 3.63) is 41.3 Å². The zero-order valence-electron chi connectivity index (χ0n) is 9.11. The fourth-order valence-electron chi connectivity index (χ4n) is 1.54. The van der Waals surface area contributed by atoms with Crippen molar-refractivity contribution >= 4 is 31.1 Å². The second kappa shape index (κ2) is 4.81. The molecule has 0 aliphatic heterocycles. The molecule has 0 fully saturated rings. The quantitative estimate of drug-likeness (QED) is 0.768. The highest BCUT2D eigenvalue weighted by Crippen LogP contribution is 2.37. The van der Waals surface area contributed by atoms with E-state index in [9.17, 15) is 21.6 Å². The highest BCUT2D eigenvalue weighted by Gasteiger charge is 2.32. The Morgan fingerprint density at radius 3 is 2.32 bits per heavy atom. The molecular formula is C11H6ClF3O2S2. The molecule has 0 saturated carbocycles. The average Bonchev–Trinajstić information content (AvgIpc) is 2.79. The Hall–Kier alpha value is -1.05. The molecule has 2 aromatic rings. The summed E-state index contributed by atoms with van der Waals surface area (Å²) in [5.41, 5.74) is -0.884. The Kier molecular flexibility index (Phi) is 3.63. The summed E-state index contributed by atoms with van der Waals surface area (Å²) in [6.45, 7) is 0. The van der Waals surface area contributed by atoms with E-state index >= 15 is 0 Å². The summed E-state index contributed by atoms with van der Waals surface area (Å²) in [6.07, 6.45) is -4.62. The SMILES string of the molecule is O=S(=O)(Cl)c1cc(C(F)(F)F)ccc1-c1cccs1. The van der Waals surface area contributed by atoms with E-state index in [2.05, 4.69) is 0 Å². The summed E-state index contributed by atoms with van der Waals surface area (Å²) in [7, 11) is 0.949. The molecule has 0 unspecified atom stereocenters. The van der Waals surface area contributed by atoms with Gasteiger partial charge in [-0.1, -0.05) is 12.1 Å². The molecule has 8 heteroatoms. The topological polar surface area (TPSA) is 34.1 Å². The number of hydrogen-bond acceptors (Lipinski definition) is 3. The van der Waals surface area contributed by atoms with Crippen LogP contribution in [0.1, 0.15) is 5.56 Å². The van der Waals surface area contributed by atoms with Crippen LogP contribution in [0.5, 0.6) is 0 Å². The fraction of sp³-hybridized carbons (Fsp3) is 0.0909. The standard InChI is InChI=1S/C11H6ClF3O2S2/c12-19(16,17)10-6-7(11(13,14)15)3-4-8(10)9-2-1-5-18-9/h1-6H. The zero-order chi connectivity index (χ0) is 14.3. The van der Waals surface area contributed by atoms with Crippen molar-refractivity contribution in [1.82, 2.24) is 0 Å². The molecule has 1 aromatic carbocycles. The zero-order valence-corrected chi connectivity index (χ0v) is 11.5. The van der Waals surface area contributed by atoms with Crippen LogP contribution in [0.4, 0.5) is 13.2 Å². The van der Waals surface area contributed by atoms with E-state index in [1.807, 2.05) is 0 Å². The van der Waals surface area contributed by atoms with Gasteiger partial charge in [-0.3, -0.25) is 0 Å². The molecule has 19 heavy (non-hydrogen) atoms.